The van der Waals surface area contributed by atoms with E-state index in [0.717, 1.165) is 0 Å². The largest absolute Gasteiger partial charge is 0.493 e. The molecule has 2 N–H and O–H groups in total. The minimum Gasteiger partial charge on any atom is -0.493 e. The van der Waals surface area contributed by atoms with Gasteiger partial charge >= 0.3 is 13.2 Å². The lowest BCUT2D eigenvalue weighted by Crippen LogP contribution is -2.36. The number of hydrogen-bond donors (Lipinski definition) is 2. The van der Waals surface area contributed by atoms with Crippen molar-refractivity contribution < 1.29 is 31.8 Å². The molecule has 0 spiro atoms. The summed E-state index contributed by atoms with van der Waals surface area (Å²) in [6.45, 7) is -3.12. The number of guanidine groups is 1. The Morgan fingerprint density at radius 1 is 0.933 bits per heavy atom. The summed E-state index contributed by atoms with van der Waals surface area (Å²) < 4.78 is 64.2. The number of benzene rings is 2. The molecule has 0 radical (unpaired) electrons. The molecular weight excluding hydrogens is 406 g/mol. The molecule has 0 unspecified atom stereocenters. The molecule has 0 atom stereocenters. The Bertz CT molecular complexity index is 835. The predicted octanol–water partition coefficient (Wildman–Crippen LogP) is 4.15. The zero-order valence-electron chi connectivity index (χ0n) is 16.5. The number of nitrogens with one attached hydrogen (secondary N) is 2. The van der Waals surface area contributed by atoms with Gasteiger partial charge < -0.3 is 24.8 Å². The van der Waals surface area contributed by atoms with Crippen LogP contribution in [0.5, 0.6) is 17.2 Å². The van der Waals surface area contributed by atoms with E-state index in [1.54, 1.807) is 24.3 Å². The van der Waals surface area contributed by atoms with Crippen molar-refractivity contribution in [1.82, 2.24) is 10.6 Å². The molecule has 0 fully saturated rings. The van der Waals surface area contributed by atoms with Gasteiger partial charge in [-0.05, 0) is 30.7 Å². The number of alkyl halides is 4. The highest BCUT2D eigenvalue weighted by Crippen LogP contribution is 2.29. The highest BCUT2D eigenvalue weighted by Gasteiger charge is 2.12. The first-order chi connectivity index (χ1) is 14.4. The Morgan fingerprint density at radius 2 is 1.63 bits per heavy atom. The number of halogens is 4. The summed E-state index contributed by atoms with van der Waals surface area (Å²) in [7, 11) is 1.36. The van der Waals surface area contributed by atoms with Crippen molar-refractivity contribution >= 4 is 5.96 Å². The molecule has 0 heterocycles. The lowest BCUT2D eigenvalue weighted by molar-refractivity contribution is -0.0516. The summed E-state index contributed by atoms with van der Waals surface area (Å²) in [5.74, 6) is 0.580. The van der Waals surface area contributed by atoms with E-state index in [0.29, 0.717) is 23.6 Å². The van der Waals surface area contributed by atoms with Crippen molar-refractivity contribution in [3.8, 4) is 17.2 Å². The second kappa shape index (κ2) is 11.7. The van der Waals surface area contributed by atoms with Gasteiger partial charge in [-0.25, -0.2) is 4.99 Å². The predicted molar refractivity (Wildman–Crippen MR) is 104 cm³/mol. The SMILES string of the molecule is CCNC(=NCc1ccc(OC)c(OC(F)F)c1)NCc1ccccc1OC(F)F. The van der Waals surface area contributed by atoms with Crippen molar-refractivity contribution in [2.75, 3.05) is 13.7 Å². The number of aliphatic imine (C=N–C) groups is 1. The van der Waals surface area contributed by atoms with Gasteiger partial charge in [-0.15, -0.1) is 0 Å². The van der Waals surface area contributed by atoms with Crippen LogP contribution < -0.4 is 24.8 Å². The van der Waals surface area contributed by atoms with Crippen LogP contribution in [0.1, 0.15) is 18.1 Å². The van der Waals surface area contributed by atoms with E-state index < -0.39 is 13.2 Å². The molecule has 0 aromatic heterocycles. The number of para-hydroxylation sites is 1. The van der Waals surface area contributed by atoms with Gasteiger partial charge in [-0.2, -0.15) is 17.6 Å². The minimum absolute atomic E-state index is 0.0693. The highest BCUT2D eigenvalue weighted by molar-refractivity contribution is 5.79. The van der Waals surface area contributed by atoms with Crippen LogP contribution in [0.25, 0.3) is 0 Å². The summed E-state index contributed by atoms with van der Waals surface area (Å²) in [5, 5.41) is 6.06. The van der Waals surface area contributed by atoms with Gasteiger partial charge in [0.2, 0.25) is 0 Å². The summed E-state index contributed by atoms with van der Waals surface area (Å²) in [5.41, 5.74) is 1.14. The van der Waals surface area contributed by atoms with E-state index >= 15 is 0 Å². The van der Waals surface area contributed by atoms with E-state index in [2.05, 4.69) is 25.1 Å². The van der Waals surface area contributed by atoms with Crippen molar-refractivity contribution in [3.63, 3.8) is 0 Å². The number of rotatable bonds is 10. The van der Waals surface area contributed by atoms with Gasteiger partial charge in [-0.1, -0.05) is 24.3 Å². The smallest absolute Gasteiger partial charge is 0.387 e. The molecule has 0 aliphatic heterocycles. The maximum Gasteiger partial charge on any atom is 0.387 e. The van der Waals surface area contributed by atoms with Crippen molar-refractivity contribution in [3.05, 3.63) is 53.6 Å². The minimum atomic E-state index is -2.98. The maximum atomic E-state index is 12.6. The van der Waals surface area contributed by atoms with Gasteiger partial charge in [0.15, 0.2) is 17.5 Å². The van der Waals surface area contributed by atoms with Crippen molar-refractivity contribution in [2.24, 2.45) is 4.99 Å². The summed E-state index contributed by atoms with van der Waals surface area (Å²) in [6.07, 6.45) is 0. The van der Waals surface area contributed by atoms with Crippen LogP contribution in [0.2, 0.25) is 0 Å². The molecule has 0 saturated carbocycles. The van der Waals surface area contributed by atoms with Crippen LogP contribution in [-0.2, 0) is 13.1 Å². The Morgan fingerprint density at radius 3 is 2.30 bits per heavy atom. The molecular formula is C20H23F4N3O3. The number of nitrogens with zero attached hydrogens (tertiary/aromatic N) is 1. The van der Waals surface area contributed by atoms with Crippen LogP contribution in [0.4, 0.5) is 17.6 Å². The Kier molecular flexibility index (Phi) is 9.04. The molecule has 10 heteroatoms. The summed E-state index contributed by atoms with van der Waals surface area (Å²) in [6, 6.07) is 11.0. The van der Waals surface area contributed by atoms with E-state index in [9.17, 15) is 17.6 Å². The first-order valence-corrected chi connectivity index (χ1v) is 9.09. The zero-order valence-corrected chi connectivity index (χ0v) is 16.5. The average Bonchev–Trinajstić information content (AvgIpc) is 2.70. The summed E-state index contributed by atoms with van der Waals surface area (Å²) in [4.78, 5) is 4.39. The first-order valence-electron chi connectivity index (χ1n) is 9.09. The van der Waals surface area contributed by atoms with E-state index in [4.69, 9.17) is 4.74 Å². The standard InChI is InChI=1S/C20H23F4N3O3/c1-3-25-20(27-12-14-6-4-5-7-15(14)29-18(21)22)26-11-13-8-9-16(28-2)17(10-13)30-19(23)24/h4-10,18-19H,3,11-12H2,1-2H3,(H2,25,26,27). The molecule has 0 aliphatic carbocycles. The molecule has 2 rings (SSSR count). The van der Waals surface area contributed by atoms with Gasteiger partial charge in [0.05, 0.1) is 13.7 Å². The molecule has 6 nitrogen and oxygen atoms in total. The molecule has 0 saturated heterocycles. The Hall–Kier alpha value is -3.17. The van der Waals surface area contributed by atoms with Gasteiger partial charge in [0.25, 0.3) is 0 Å². The lowest BCUT2D eigenvalue weighted by atomic mass is 10.2. The molecule has 0 bridgehead atoms. The quantitative estimate of drug-likeness (QED) is 0.338. The topological polar surface area (TPSA) is 64.1 Å². The van der Waals surface area contributed by atoms with Gasteiger partial charge in [0.1, 0.15) is 5.75 Å². The normalized spacial score (nSPS) is 11.5. The maximum absolute atomic E-state index is 12.6. The second-order valence-corrected chi connectivity index (χ2v) is 5.90. The third kappa shape index (κ3) is 7.34. The zero-order chi connectivity index (χ0) is 21.9. The molecule has 0 amide bonds. The van der Waals surface area contributed by atoms with E-state index in [1.165, 1.54) is 25.3 Å². The van der Waals surface area contributed by atoms with E-state index in [-0.39, 0.29) is 30.3 Å². The van der Waals surface area contributed by atoms with Crippen LogP contribution in [0.15, 0.2) is 47.5 Å². The fraction of sp³-hybridized carbons (Fsp3) is 0.350. The average molecular weight is 429 g/mol. The third-order valence-electron chi connectivity index (χ3n) is 3.84. The van der Waals surface area contributed by atoms with Crippen LogP contribution in [-0.4, -0.2) is 32.8 Å². The number of methoxy groups -OCH3 is 1. The van der Waals surface area contributed by atoms with Crippen LogP contribution in [0, 0.1) is 0 Å². The van der Waals surface area contributed by atoms with Gasteiger partial charge in [0, 0.05) is 18.7 Å². The molecule has 0 aliphatic rings. The fourth-order valence-electron chi connectivity index (χ4n) is 2.56. The fourth-order valence-corrected chi connectivity index (χ4v) is 2.56. The molecule has 2 aromatic rings. The number of hydrogen-bond acceptors (Lipinski definition) is 4. The van der Waals surface area contributed by atoms with Gasteiger partial charge in [-0.3, -0.25) is 0 Å². The van der Waals surface area contributed by atoms with Crippen molar-refractivity contribution in [1.29, 1.82) is 0 Å². The monoisotopic (exact) mass is 429 g/mol. The summed E-state index contributed by atoms with van der Waals surface area (Å²) >= 11 is 0. The molecule has 164 valence electrons. The lowest BCUT2D eigenvalue weighted by Gasteiger charge is -2.14. The van der Waals surface area contributed by atoms with Crippen LogP contribution in [0.3, 0.4) is 0 Å². The highest BCUT2D eigenvalue weighted by atomic mass is 19.3. The van der Waals surface area contributed by atoms with E-state index in [1.807, 2.05) is 6.92 Å². The van der Waals surface area contributed by atoms with Crippen LogP contribution >= 0.6 is 0 Å². The Balaban J connectivity index is 2.10. The van der Waals surface area contributed by atoms with Crippen molar-refractivity contribution in [2.45, 2.75) is 33.2 Å². The number of ether oxygens (including phenoxy) is 3. The molecule has 2 aromatic carbocycles. The Labute approximate surface area is 171 Å². The third-order valence-corrected chi connectivity index (χ3v) is 3.84. The first kappa shape index (κ1) is 23.1. The molecule has 30 heavy (non-hydrogen) atoms. The second-order valence-electron chi connectivity index (χ2n) is 5.90.